The minimum Gasteiger partial charge on any atom is -0.369 e. The summed E-state index contributed by atoms with van der Waals surface area (Å²) in [5.41, 5.74) is 4.87. The molecule has 0 fully saturated rings. The molecule has 2 N–H and O–H groups in total. The molecule has 3 heteroatoms. The van der Waals surface area contributed by atoms with E-state index in [-0.39, 0.29) is 5.91 Å². The van der Waals surface area contributed by atoms with Crippen LogP contribution in [0.5, 0.6) is 0 Å². The van der Waals surface area contributed by atoms with E-state index in [4.69, 9.17) is 5.73 Å². The Kier molecular flexibility index (Phi) is 4.05. The van der Waals surface area contributed by atoms with Gasteiger partial charge in [0.25, 0.3) is 0 Å². The Morgan fingerprint density at radius 1 is 1.67 bits per heavy atom. The van der Waals surface area contributed by atoms with Gasteiger partial charge in [-0.3, -0.25) is 4.79 Å². The Morgan fingerprint density at radius 3 is 2.56 bits per heavy atom. The number of rotatable bonds is 4. The summed E-state index contributed by atoms with van der Waals surface area (Å²) < 4.78 is 0. The van der Waals surface area contributed by atoms with Gasteiger partial charge in [-0.05, 0) is 27.1 Å². The van der Waals surface area contributed by atoms with Gasteiger partial charge >= 0.3 is 0 Å². The highest BCUT2D eigenvalue weighted by atomic mass is 16.1. The van der Waals surface area contributed by atoms with E-state index in [1.54, 1.807) is 0 Å². The van der Waals surface area contributed by atoms with E-state index >= 15 is 0 Å². The third-order valence-corrected chi connectivity index (χ3v) is 0.922. The Labute approximate surface area is 55.8 Å². The number of carbonyl (C=O) groups excluding carboxylic acids is 1. The van der Waals surface area contributed by atoms with E-state index in [1.807, 2.05) is 19.0 Å². The fourth-order valence-electron chi connectivity index (χ4n) is 0.465. The minimum absolute atomic E-state index is 0.336. The van der Waals surface area contributed by atoms with Crippen molar-refractivity contribution in [2.24, 2.45) is 5.73 Å². The van der Waals surface area contributed by atoms with Crippen LogP contribution < -0.4 is 5.73 Å². The molecule has 3 nitrogen and oxygen atoms in total. The van der Waals surface area contributed by atoms with Crippen molar-refractivity contribution in [3.05, 3.63) is 6.42 Å². The first kappa shape index (κ1) is 8.43. The second-order valence-corrected chi connectivity index (χ2v) is 2.20. The minimum atomic E-state index is -0.336. The third-order valence-electron chi connectivity index (χ3n) is 0.922. The number of hydrogen-bond acceptors (Lipinski definition) is 2. The summed E-state index contributed by atoms with van der Waals surface area (Å²) in [6.07, 6.45) is 2.22. The summed E-state index contributed by atoms with van der Waals surface area (Å²) >= 11 is 0. The van der Waals surface area contributed by atoms with E-state index < -0.39 is 0 Å². The first-order valence-electron chi connectivity index (χ1n) is 2.90. The summed E-state index contributed by atoms with van der Waals surface area (Å²) in [4.78, 5) is 12.1. The molecular formula is C6H13N2O. The number of primary amides is 1. The van der Waals surface area contributed by atoms with Crippen molar-refractivity contribution in [3.8, 4) is 0 Å². The van der Waals surface area contributed by atoms with Crippen molar-refractivity contribution < 1.29 is 4.79 Å². The van der Waals surface area contributed by atoms with E-state index in [0.717, 1.165) is 13.0 Å². The van der Waals surface area contributed by atoms with Crippen LogP contribution in [0.3, 0.4) is 0 Å². The molecule has 0 atom stereocenters. The normalized spacial score (nSPS) is 10.1. The molecule has 0 heterocycles. The van der Waals surface area contributed by atoms with Crippen LogP contribution in [0.1, 0.15) is 6.42 Å². The van der Waals surface area contributed by atoms with Crippen LogP contribution in [0.15, 0.2) is 0 Å². The number of hydrogen-bond donors (Lipinski definition) is 1. The van der Waals surface area contributed by atoms with Gasteiger partial charge in [-0.15, -0.1) is 0 Å². The monoisotopic (exact) mass is 129 g/mol. The molecular weight excluding hydrogens is 116 g/mol. The SMILES string of the molecule is CN(C)CC[CH]C(N)=O. The largest absolute Gasteiger partial charge is 0.369 e. The van der Waals surface area contributed by atoms with E-state index in [9.17, 15) is 4.79 Å². The van der Waals surface area contributed by atoms with Crippen LogP contribution >= 0.6 is 0 Å². The van der Waals surface area contributed by atoms with Gasteiger partial charge in [-0.1, -0.05) is 0 Å². The third kappa shape index (κ3) is 7.43. The highest BCUT2D eigenvalue weighted by molar-refractivity contribution is 5.82. The van der Waals surface area contributed by atoms with Crippen molar-refractivity contribution in [1.82, 2.24) is 4.90 Å². The van der Waals surface area contributed by atoms with Gasteiger partial charge in [-0.2, -0.15) is 0 Å². The molecule has 0 aromatic heterocycles. The van der Waals surface area contributed by atoms with Crippen LogP contribution in [0.4, 0.5) is 0 Å². The van der Waals surface area contributed by atoms with Crippen LogP contribution in [-0.2, 0) is 4.79 Å². The van der Waals surface area contributed by atoms with E-state index in [1.165, 1.54) is 6.42 Å². The molecule has 9 heavy (non-hydrogen) atoms. The summed E-state index contributed by atoms with van der Waals surface area (Å²) in [6, 6.07) is 0. The van der Waals surface area contributed by atoms with Gasteiger partial charge in [0.15, 0.2) is 0 Å². The van der Waals surface area contributed by atoms with Crippen LogP contribution in [-0.4, -0.2) is 31.4 Å². The maximum absolute atomic E-state index is 10.1. The summed E-state index contributed by atoms with van der Waals surface area (Å²) in [6.45, 7) is 0.878. The first-order chi connectivity index (χ1) is 4.13. The first-order valence-corrected chi connectivity index (χ1v) is 2.90. The molecule has 0 aliphatic heterocycles. The zero-order valence-corrected chi connectivity index (χ0v) is 5.92. The number of nitrogens with zero attached hydrogens (tertiary/aromatic N) is 1. The molecule has 1 amide bonds. The molecule has 0 aliphatic carbocycles. The van der Waals surface area contributed by atoms with Crippen LogP contribution in [0.25, 0.3) is 0 Å². The predicted octanol–water partition coefficient (Wildman–Crippen LogP) is -0.372. The average Bonchev–Trinajstić information content (AvgIpc) is 1.63. The fraction of sp³-hybridized carbons (Fsp3) is 0.667. The van der Waals surface area contributed by atoms with Crippen molar-refractivity contribution in [2.45, 2.75) is 6.42 Å². The van der Waals surface area contributed by atoms with Crippen molar-refractivity contribution >= 4 is 5.91 Å². The molecule has 1 radical (unpaired) electrons. The zero-order valence-electron chi connectivity index (χ0n) is 5.92. The Bertz CT molecular complexity index is 91.1. The maximum atomic E-state index is 10.1. The lowest BCUT2D eigenvalue weighted by atomic mass is 10.3. The van der Waals surface area contributed by atoms with Crippen molar-refractivity contribution in [1.29, 1.82) is 0 Å². The molecule has 0 unspecified atom stereocenters. The van der Waals surface area contributed by atoms with Gasteiger partial charge in [0, 0.05) is 0 Å². The second kappa shape index (κ2) is 4.32. The van der Waals surface area contributed by atoms with Gasteiger partial charge in [0.1, 0.15) is 0 Å². The molecule has 0 saturated heterocycles. The highest BCUT2D eigenvalue weighted by Crippen LogP contribution is 1.86. The van der Waals surface area contributed by atoms with Gasteiger partial charge < -0.3 is 10.6 Å². The Hall–Kier alpha value is -0.570. The Balaban J connectivity index is 3.01. The van der Waals surface area contributed by atoms with Crippen molar-refractivity contribution in [3.63, 3.8) is 0 Å². The molecule has 0 bridgehead atoms. The van der Waals surface area contributed by atoms with E-state index in [2.05, 4.69) is 0 Å². The summed E-state index contributed by atoms with van der Waals surface area (Å²) in [5, 5.41) is 0. The highest BCUT2D eigenvalue weighted by Gasteiger charge is 1.94. The van der Waals surface area contributed by atoms with Gasteiger partial charge in [0.2, 0.25) is 5.91 Å². The van der Waals surface area contributed by atoms with E-state index in [0.29, 0.717) is 0 Å². The lowest BCUT2D eigenvalue weighted by molar-refractivity contribution is -0.115. The topological polar surface area (TPSA) is 46.3 Å². The molecule has 0 rings (SSSR count). The predicted molar refractivity (Wildman–Crippen MR) is 36.7 cm³/mol. The smallest absolute Gasteiger partial charge is 0.221 e. The molecule has 53 valence electrons. The fourth-order valence-corrected chi connectivity index (χ4v) is 0.465. The van der Waals surface area contributed by atoms with Gasteiger partial charge in [-0.25, -0.2) is 0 Å². The van der Waals surface area contributed by atoms with Crippen molar-refractivity contribution in [2.75, 3.05) is 20.6 Å². The molecule has 0 spiro atoms. The number of amides is 1. The molecule has 0 aromatic carbocycles. The Morgan fingerprint density at radius 2 is 2.22 bits per heavy atom. The quantitative estimate of drug-likeness (QED) is 0.563. The summed E-state index contributed by atoms with van der Waals surface area (Å²) in [7, 11) is 3.91. The molecule has 0 aromatic rings. The standard InChI is InChI=1S/C6H13N2O/c1-8(2)5-3-4-6(7)9/h4H,3,5H2,1-2H3,(H2,7,9). The van der Waals surface area contributed by atoms with Gasteiger partial charge in [0.05, 0.1) is 6.42 Å². The maximum Gasteiger partial charge on any atom is 0.221 e. The molecule has 0 saturated carbocycles. The van der Waals surface area contributed by atoms with Crippen LogP contribution in [0, 0.1) is 6.42 Å². The van der Waals surface area contributed by atoms with Crippen LogP contribution in [0.2, 0.25) is 0 Å². The second-order valence-electron chi connectivity index (χ2n) is 2.20. The average molecular weight is 129 g/mol. The summed E-state index contributed by atoms with van der Waals surface area (Å²) in [5.74, 6) is -0.336. The molecule has 0 aliphatic rings. The number of nitrogens with two attached hydrogens (primary N) is 1. The number of carbonyl (C=O) groups is 1. The lowest BCUT2D eigenvalue weighted by Gasteiger charge is -2.06. The zero-order chi connectivity index (χ0) is 7.28. The lowest BCUT2D eigenvalue weighted by Crippen LogP contribution is -2.17.